The van der Waals surface area contributed by atoms with Crippen molar-refractivity contribution >= 4 is 23.2 Å². The molecule has 1 aliphatic carbocycles. The van der Waals surface area contributed by atoms with Gasteiger partial charge in [-0.15, -0.1) is 11.3 Å². The van der Waals surface area contributed by atoms with Crippen LogP contribution in [0.25, 0.3) is 0 Å². The van der Waals surface area contributed by atoms with E-state index < -0.39 is 0 Å². The predicted molar refractivity (Wildman–Crippen MR) is 75.7 cm³/mol. The van der Waals surface area contributed by atoms with Gasteiger partial charge in [-0.3, -0.25) is 9.59 Å². The van der Waals surface area contributed by atoms with Crippen molar-refractivity contribution in [3.05, 3.63) is 22.4 Å². The highest BCUT2D eigenvalue weighted by Crippen LogP contribution is 2.28. The Hall–Kier alpha value is -1.36. The summed E-state index contributed by atoms with van der Waals surface area (Å²) in [4.78, 5) is 24.6. The molecule has 0 saturated heterocycles. The van der Waals surface area contributed by atoms with Gasteiger partial charge in [0.15, 0.2) is 0 Å². The maximum absolute atomic E-state index is 12.2. The zero-order valence-electron chi connectivity index (χ0n) is 11.1. The van der Waals surface area contributed by atoms with Crippen molar-refractivity contribution in [3.8, 4) is 0 Å². The lowest BCUT2D eigenvalue weighted by Gasteiger charge is -2.23. The second-order valence-corrected chi connectivity index (χ2v) is 6.05. The Labute approximate surface area is 117 Å². The van der Waals surface area contributed by atoms with Crippen LogP contribution in [0.2, 0.25) is 0 Å². The molecule has 1 saturated carbocycles. The summed E-state index contributed by atoms with van der Waals surface area (Å²) >= 11 is 1.62. The lowest BCUT2D eigenvalue weighted by Crippen LogP contribution is -2.49. The molecule has 0 bridgehead atoms. The van der Waals surface area contributed by atoms with E-state index in [1.54, 1.807) is 11.3 Å². The van der Waals surface area contributed by atoms with Crippen LogP contribution >= 0.6 is 11.3 Å². The van der Waals surface area contributed by atoms with E-state index in [-0.39, 0.29) is 23.8 Å². The van der Waals surface area contributed by atoms with Crippen LogP contribution in [-0.2, 0) is 16.1 Å². The Balaban J connectivity index is 1.92. The summed E-state index contributed by atoms with van der Waals surface area (Å²) in [5.41, 5.74) is 0. The minimum absolute atomic E-state index is 0.0597. The molecular weight excluding hydrogens is 260 g/mol. The van der Waals surface area contributed by atoms with Crippen LogP contribution in [0.15, 0.2) is 17.5 Å². The van der Waals surface area contributed by atoms with E-state index in [0.717, 1.165) is 30.6 Å². The zero-order chi connectivity index (χ0) is 13.7. The number of carbonyl (C=O) groups is 2. The first kappa shape index (κ1) is 14.1. The third-order valence-electron chi connectivity index (χ3n) is 3.53. The van der Waals surface area contributed by atoms with Crippen LogP contribution in [0, 0.1) is 5.92 Å². The molecule has 1 aromatic heterocycles. The fraction of sp³-hybridized carbons (Fsp3) is 0.571. The van der Waals surface area contributed by atoms with Crippen molar-refractivity contribution in [2.45, 2.75) is 45.2 Å². The van der Waals surface area contributed by atoms with Crippen LogP contribution in [-0.4, -0.2) is 17.9 Å². The molecule has 2 rings (SSSR count). The minimum atomic E-state index is -0.375. The number of hydrogen-bond acceptors (Lipinski definition) is 3. The van der Waals surface area contributed by atoms with E-state index in [2.05, 4.69) is 10.6 Å². The molecule has 2 N–H and O–H groups in total. The second-order valence-electron chi connectivity index (χ2n) is 5.02. The molecular formula is C14H20N2O2S. The smallest absolute Gasteiger partial charge is 0.243 e. The molecule has 1 aliphatic rings. The van der Waals surface area contributed by atoms with Crippen molar-refractivity contribution in [1.29, 1.82) is 0 Å². The molecule has 1 fully saturated rings. The Morgan fingerprint density at radius 1 is 1.42 bits per heavy atom. The number of amides is 2. The Morgan fingerprint density at radius 2 is 2.16 bits per heavy atom. The van der Waals surface area contributed by atoms with Crippen LogP contribution in [0.4, 0.5) is 0 Å². The number of nitrogens with one attached hydrogen (secondary N) is 2. The molecule has 4 nitrogen and oxygen atoms in total. The van der Waals surface area contributed by atoms with Gasteiger partial charge in [0.05, 0.1) is 6.54 Å². The summed E-state index contributed by atoms with van der Waals surface area (Å²) in [6.45, 7) is 2.01. The maximum Gasteiger partial charge on any atom is 0.243 e. The van der Waals surface area contributed by atoms with E-state index in [4.69, 9.17) is 0 Å². The lowest BCUT2D eigenvalue weighted by molar-refractivity contribution is -0.129. The SMILES string of the molecule is CC(=O)NC(C(=O)NCc1cccs1)C1CCCC1. The molecule has 1 unspecified atom stereocenters. The van der Waals surface area contributed by atoms with Gasteiger partial charge in [-0.2, -0.15) is 0 Å². The summed E-state index contributed by atoms with van der Waals surface area (Å²) in [6.07, 6.45) is 4.35. The van der Waals surface area contributed by atoms with Gasteiger partial charge in [0.2, 0.25) is 11.8 Å². The van der Waals surface area contributed by atoms with E-state index in [1.807, 2.05) is 17.5 Å². The Morgan fingerprint density at radius 3 is 2.74 bits per heavy atom. The normalized spacial score (nSPS) is 17.1. The molecule has 0 aliphatic heterocycles. The average Bonchev–Trinajstić information content (AvgIpc) is 3.05. The molecule has 1 aromatic rings. The number of carbonyl (C=O) groups excluding carboxylic acids is 2. The predicted octanol–water partition coefficient (Wildman–Crippen LogP) is 2.06. The molecule has 0 aromatic carbocycles. The molecule has 2 amide bonds. The molecule has 1 atom stereocenters. The van der Waals surface area contributed by atoms with Gasteiger partial charge in [-0.1, -0.05) is 18.9 Å². The molecule has 104 valence electrons. The monoisotopic (exact) mass is 280 g/mol. The highest BCUT2D eigenvalue weighted by Gasteiger charge is 2.31. The number of hydrogen-bond donors (Lipinski definition) is 2. The third kappa shape index (κ3) is 4.06. The second kappa shape index (κ2) is 6.70. The summed E-state index contributed by atoms with van der Waals surface area (Å²) < 4.78 is 0. The van der Waals surface area contributed by atoms with E-state index >= 15 is 0 Å². The van der Waals surface area contributed by atoms with Gasteiger partial charge >= 0.3 is 0 Å². The molecule has 19 heavy (non-hydrogen) atoms. The molecule has 1 heterocycles. The van der Waals surface area contributed by atoms with Crippen LogP contribution < -0.4 is 10.6 Å². The molecule has 0 radical (unpaired) electrons. The Kier molecular flexibility index (Phi) is 4.96. The largest absolute Gasteiger partial charge is 0.349 e. The van der Waals surface area contributed by atoms with Crippen LogP contribution in [0.1, 0.15) is 37.5 Å². The molecule has 5 heteroatoms. The van der Waals surface area contributed by atoms with Crippen LogP contribution in [0.3, 0.4) is 0 Å². The van der Waals surface area contributed by atoms with E-state index in [9.17, 15) is 9.59 Å². The molecule has 0 spiro atoms. The fourth-order valence-electron chi connectivity index (χ4n) is 2.60. The van der Waals surface area contributed by atoms with Crippen LogP contribution in [0.5, 0.6) is 0 Å². The van der Waals surface area contributed by atoms with E-state index in [1.165, 1.54) is 6.92 Å². The quantitative estimate of drug-likeness (QED) is 0.867. The lowest BCUT2D eigenvalue weighted by atomic mass is 9.97. The van der Waals surface area contributed by atoms with Gasteiger partial charge in [0, 0.05) is 11.8 Å². The number of thiophene rings is 1. The summed E-state index contributed by atoms with van der Waals surface area (Å²) in [6, 6.07) is 3.59. The summed E-state index contributed by atoms with van der Waals surface area (Å²) in [7, 11) is 0. The van der Waals surface area contributed by atoms with Crippen molar-refractivity contribution in [1.82, 2.24) is 10.6 Å². The van der Waals surface area contributed by atoms with E-state index in [0.29, 0.717) is 6.54 Å². The van der Waals surface area contributed by atoms with Gasteiger partial charge in [-0.05, 0) is 30.2 Å². The standard InChI is InChI=1S/C14H20N2O2S/c1-10(17)16-13(11-5-2-3-6-11)14(18)15-9-12-7-4-8-19-12/h4,7-8,11,13H,2-3,5-6,9H2,1H3,(H,15,18)(H,16,17). The van der Waals surface area contributed by atoms with Gasteiger partial charge < -0.3 is 10.6 Å². The van der Waals surface area contributed by atoms with Crippen molar-refractivity contribution < 1.29 is 9.59 Å². The van der Waals surface area contributed by atoms with Crippen molar-refractivity contribution in [3.63, 3.8) is 0 Å². The summed E-state index contributed by atoms with van der Waals surface area (Å²) in [5, 5.41) is 7.72. The van der Waals surface area contributed by atoms with Gasteiger partial charge in [-0.25, -0.2) is 0 Å². The van der Waals surface area contributed by atoms with Crippen molar-refractivity contribution in [2.24, 2.45) is 5.92 Å². The highest BCUT2D eigenvalue weighted by molar-refractivity contribution is 7.09. The Bertz CT molecular complexity index is 425. The fourth-order valence-corrected chi connectivity index (χ4v) is 3.25. The average molecular weight is 280 g/mol. The first-order valence-corrected chi connectivity index (χ1v) is 7.62. The van der Waals surface area contributed by atoms with Gasteiger partial charge in [0.25, 0.3) is 0 Å². The topological polar surface area (TPSA) is 58.2 Å². The first-order chi connectivity index (χ1) is 9.16. The minimum Gasteiger partial charge on any atom is -0.349 e. The van der Waals surface area contributed by atoms with Crippen molar-refractivity contribution in [2.75, 3.05) is 0 Å². The summed E-state index contributed by atoms with van der Waals surface area (Å²) in [5.74, 6) is 0.0888. The zero-order valence-corrected chi connectivity index (χ0v) is 12.0. The maximum atomic E-state index is 12.2. The first-order valence-electron chi connectivity index (χ1n) is 6.74. The van der Waals surface area contributed by atoms with Gasteiger partial charge in [0.1, 0.15) is 6.04 Å². The highest BCUT2D eigenvalue weighted by atomic mass is 32.1. The number of rotatable bonds is 5. The third-order valence-corrected chi connectivity index (χ3v) is 4.41.